The first-order valence-electron chi connectivity index (χ1n) is 7.67. The molecule has 0 spiro atoms. The molecule has 0 saturated carbocycles. The normalized spacial score (nSPS) is 34.0. The Labute approximate surface area is 119 Å². The predicted molar refractivity (Wildman–Crippen MR) is 73.5 cm³/mol. The quantitative estimate of drug-likeness (QED) is 0.782. The lowest BCUT2D eigenvalue weighted by atomic mass is 9.99. The smallest absolute Gasteiger partial charge is 0.317 e. The average Bonchev–Trinajstić information content (AvgIpc) is 3.06. The standard InChI is InChI=1S/C14H23N3O3/c18-13(19)10-4-7-17(9-10)14(20)15-11-5-8-16-6-2-1-3-12(11)16/h10-12H,1-9H2,(H,15,20)(H,18,19). The van der Waals surface area contributed by atoms with Crippen LogP contribution in [-0.4, -0.2) is 65.2 Å². The van der Waals surface area contributed by atoms with Crippen LogP contribution >= 0.6 is 0 Å². The Morgan fingerprint density at radius 3 is 2.65 bits per heavy atom. The molecule has 3 saturated heterocycles. The number of hydrogen-bond donors (Lipinski definition) is 2. The summed E-state index contributed by atoms with van der Waals surface area (Å²) in [6.07, 6.45) is 5.28. The van der Waals surface area contributed by atoms with Gasteiger partial charge in [-0.2, -0.15) is 0 Å². The number of carboxylic acids is 1. The van der Waals surface area contributed by atoms with Crippen molar-refractivity contribution in [3.63, 3.8) is 0 Å². The maximum Gasteiger partial charge on any atom is 0.317 e. The van der Waals surface area contributed by atoms with Crippen molar-refractivity contribution < 1.29 is 14.7 Å². The van der Waals surface area contributed by atoms with Crippen LogP contribution in [0.2, 0.25) is 0 Å². The van der Waals surface area contributed by atoms with Crippen molar-refractivity contribution in [3.05, 3.63) is 0 Å². The van der Waals surface area contributed by atoms with Gasteiger partial charge in [0.25, 0.3) is 0 Å². The fraction of sp³-hybridized carbons (Fsp3) is 0.857. The van der Waals surface area contributed by atoms with Crippen LogP contribution in [-0.2, 0) is 4.79 Å². The molecular weight excluding hydrogens is 258 g/mol. The number of carboxylic acid groups (broad SMARTS) is 1. The molecule has 3 rings (SSSR count). The van der Waals surface area contributed by atoms with Gasteiger partial charge in [0, 0.05) is 31.7 Å². The van der Waals surface area contributed by atoms with Crippen molar-refractivity contribution in [3.8, 4) is 0 Å². The van der Waals surface area contributed by atoms with Crippen molar-refractivity contribution in [2.45, 2.75) is 44.2 Å². The minimum Gasteiger partial charge on any atom is -0.481 e. The molecular formula is C14H23N3O3. The summed E-state index contributed by atoms with van der Waals surface area (Å²) in [5.41, 5.74) is 0. The molecule has 0 aliphatic carbocycles. The monoisotopic (exact) mass is 281 g/mol. The fourth-order valence-electron chi connectivity index (χ4n) is 3.81. The number of nitrogens with one attached hydrogen (secondary N) is 1. The Morgan fingerprint density at radius 2 is 1.90 bits per heavy atom. The second kappa shape index (κ2) is 5.60. The molecule has 0 aromatic rings. The van der Waals surface area contributed by atoms with Crippen LogP contribution < -0.4 is 5.32 Å². The Kier molecular flexibility index (Phi) is 3.83. The lowest BCUT2D eigenvalue weighted by Gasteiger charge is -2.33. The van der Waals surface area contributed by atoms with E-state index in [1.165, 1.54) is 19.3 Å². The molecule has 0 bridgehead atoms. The van der Waals surface area contributed by atoms with Crippen LogP contribution in [0.3, 0.4) is 0 Å². The first-order chi connectivity index (χ1) is 9.65. The molecule has 20 heavy (non-hydrogen) atoms. The van der Waals surface area contributed by atoms with Crippen LogP contribution in [0.1, 0.15) is 32.1 Å². The largest absolute Gasteiger partial charge is 0.481 e. The fourth-order valence-corrected chi connectivity index (χ4v) is 3.81. The number of nitrogens with zero attached hydrogens (tertiary/aromatic N) is 2. The third kappa shape index (κ3) is 2.61. The predicted octanol–water partition coefficient (Wildman–Crippen LogP) is 0.729. The second-order valence-corrected chi connectivity index (χ2v) is 6.21. The van der Waals surface area contributed by atoms with Crippen molar-refractivity contribution >= 4 is 12.0 Å². The first-order valence-corrected chi connectivity index (χ1v) is 7.67. The average molecular weight is 281 g/mol. The van der Waals surface area contributed by atoms with E-state index < -0.39 is 11.9 Å². The number of rotatable bonds is 2. The summed E-state index contributed by atoms with van der Waals surface area (Å²) in [6.45, 7) is 3.14. The van der Waals surface area contributed by atoms with Gasteiger partial charge in [0.2, 0.25) is 0 Å². The lowest BCUT2D eigenvalue weighted by molar-refractivity contribution is -0.141. The van der Waals surface area contributed by atoms with E-state index in [4.69, 9.17) is 5.11 Å². The minimum atomic E-state index is -0.792. The number of carbonyl (C=O) groups excluding carboxylic acids is 1. The van der Waals surface area contributed by atoms with E-state index in [9.17, 15) is 9.59 Å². The highest BCUT2D eigenvalue weighted by atomic mass is 16.4. The van der Waals surface area contributed by atoms with Crippen LogP contribution in [0.15, 0.2) is 0 Å². The van der Waals surface area contributed by atoms with E-state index in [1.807, 2.05) is 0 Å². The molecule has 112 valence electrons. The number of fused-ring (bicyclic) bond motifs is 1. The summed E-state index contributed by atoms with van der Waals surface area (Å²) >= 11 is 0. The molecule has 0 radical (unpaired) electrons. The Hall–Kier alpha value is -1.30. The molecule has 3 unspecified atom stereocenters. The zero-order chi connectivity index (χ0) is 14.1. The molecule has 3 heterocycles. The van der Waals surface area contributed by atoms with E-state index in [-0.39, 0.29) is 12.1 Å². The van der Waals surface area contributed by atoms with Gasteiger partial charge < -0.3 is 15.3 Å². The Balaban J connectivity index is 1.53. The number of aliphatic carboxylic acids is 1. The third-order valence-corrected chi connectivity index (χ3v) is 4.99. The Bertz CT molecular complexity index is 401. The van der Waals surface area contributed by atoms with Crippen LogP contribution in [0.25, 0.3) is 0 Å². The van der Waals surface area contributed by atoms with Crippen LogP contribution in [0.5, 0.6) is 0 Å². The Morgan fingerprint density at radius 1 is 1.05 bits per heavy atom. The van der Waals surface area contributed by atoms with Gasteiger partial charge >= 0.3 is 12.0 Å². The van der Waals surface area contributed by atoms with E-state index in [0.717, 1.165) is 19.5 Å². The third-order valence-electron chi connectivity index (χ3n) is 4.99. The zero-order valence-corrected chi connectivity index (χ0v) is 11.8. The topological polar surface area (TPSA) is 72.9 Å². The summed E-state index contributed by atoms with van der Waals surface area (Å²) in [6, 6.07) is 0.656. The van der Waals surface area contributed by atoms with Gasteiger partial charge in [-0.25, -0.2) is 4.79 Å². The molecule has 2 amide bonds. The summed E-state index contributed by atoms with van der Waals surface area (Å²) in [4.78, 5) is 27.3. The van der Waals surface area contributed by atoms with Crippen molar-refractivity contribution in [1.82, 2.24) is 15.1 Å². The number of hydrogen-bond acceptors (Lipinski definition) is 3. The molecule has 3 aliphatic heterocycles. The number of likely N-dealkylation sites (tertiary alicyclic amines) is 1. The van der Waals surface area contributed by atoms with Gasteiger partial charge in [-0.05, 0) is 32.2 Å². The molecule has 2 N–H and O–H groups in total. The summed E-state index contributed by atoms with van der Waals surface area (Å²) in [5.74, 6) is -1.19. The summed E-state index contributed by atoms with van der Waals surface area (Å²) in [7, 11) is 0. The number of amides is 2. The molecule has 6 nitrogen and oxygen atoms in total. The van der Waals surface area contributed by atoms with Gasteiger partial charge in [0.15, 0.2) is 0 Å². The number of carbonyl (C=O) groups is 2. The van der Waals surface area contributed by atoms with E-state index in [0.29, 0.717) is 25.6 Å². The van der Waals surface area contributed by atoms with Crippen molar-refractivity contribution in [1.29, 1.82) is 0 Å². The highest BCUT2D eigenvalue weighted by molar-refractivity contribution is 5.77. The molecule has 6 heteroatoms. The maximum atomic E-state index is 12.2. The van der Waals surface area contributed by atoms with Crippen molar-refractivity contribution in [2.24, 2.45) is 5.92 Å². The van der Waals surface area contributed by atoms with Gasteiger partial charge in [-0.3, -0.25) is 9.69 Å². The molecule has 0 aromatic heterocycles. The number of urea groups is 1. The molecule has 3 atom stereocenters. The highest BCUT2D eigenvalue weighted by Gasteiger charge is 2.38. The van der Waals surface area contributed by atoms with E-state index in [2.05, 4.69) is 10.2 Å². The van der Waals surface area contributed by atoms with Gasteiger partial charge in [-0.1, -0.05) is 6.42 Å². The lowest BCUT2D eigenvalue weighted by Crippen LogP contribution is -2.50. The maximum absolute atomic E-state index is 12.2. The number of piperidine rings is 1. The van der Waals surface area contributed by atoms with Crippen LogP contribution in [0.4, 0.5) is 4.79 Å². The second-order valence-electron chi connectivity index (χ2n) is 6.21. The van der Waals surface area contributed by atoms with Crippen molar-refractivity contribution in [2.75, 3.05) is 26.2 Å². The highest BCUT2D eigenvalue weighted by Crippen LogP contribution is 2.27. The van der Waals surface area contributed by atoms with Crippen LogP contribution in [0, 0.1) is 5.92 Å². The van der Waals surface area contributed by atoms with Gasteiger partial charge in [0.05, 0.1) is 5.92 Å². The minimum absolute atomic E-state index is 0.0776. The van der Waals surface area contributed by atoms with E-state index in [1.54, 1.807) is 4.90 Å². The van der Waals surface area contributed by atoms with Gasteiger partial charge in [-0.15, -0.1) is 0 Å². The van der Waals surface area contributed by atoms with Gasteiger partial charge in [0.1, 0.15) is 0 Å². The first kappa shape index (κ1) is 13.7. The SMILES string of the molecule is O=C(O)C1CCN(C(=O)NC2CCN3CCCCC23)C1. The zero-order valence-electron chi connectivity index (χ0n) is 11.8. The summed E-state index contributed by atoms with van der Waals surface area (Å²) in [5, 5.41) is 12.1. The van der Waals surface area contributed by atoms with E-state index >= 15 is 0 Å². The summed E-state index contributed by atoms with van der Waals surface area (Å²) < 4.78 is 0. The molecule has 3 aliphatic rings. The molecule has 0 aromatic carbocycles. The molecule has 3 fully saturated rings.